The molecule has 3 rings (SSSR count). The molecular weight excluding hydrogens is 370 g/mol. The SMILES string of the molecule is CCOc1ccc(/C=C/C(=O)O[C@H](C)C(=O)c2c[nH]c3ccccc23)cc1OC. The standard InChI is InChI=1S/C23H23NO5/c1-4-28-20-11-9-16(13-21(20)27-3)10-12-22(25)29-15(2)23(26)18-14-24-19-8-6-5-7-17(18)19/h5-15,24H,4H2,1-3H3/b12-10+/t15-/m1/s1. The van der Waals surface area contributed by atoms with Crippen molar-refractivity contribution in [2.24, 2.45) is 0 Å². The van der Waals surface area contributed by atoms with Crippen molar-refractivity contribution < 1.29 is 23.8 Å². The van der Waals surface area contributed by atoms with Crippen LogP contribution in [0.5, 0.6) is 11.5 Å². The first kappa shape index (κ1) is 20.2. The van der Waals surface area contributed by atoms with Gasteiger partial charge in [0.1, 0.15) is 0 Å². The lowest BCUT2D eigenvalue weighted by atomic mass is 10.1. The van der Waals surface area contributed by atoms with Gasteiger partial charge < -0.3 is 19.2 Å². The summed E-state index contributed by atoms with van der Waals surface area (Å²) in [4.78, 5) is 27.9. The Morgan fingerprint density at radius 2 is 1.93 bits per heavy atom. The minimum Gasteiger partial charge on any atom is -0.493 e. The summed E-state index contributed by atoms with van der Waals surface area (Å²) in [6, 6.07) is 12.8. The fourth-order valence-corrected chi connectivity index (χ4v) is 2.99. The Hall–Kier alpha value is -3.54. The molecule has 1 N–H and O–H groups in total. The summed E-state index contributed by atoms with van der Waals surface area (Å²) in [5.74, 6) is 0.350. The lowest BCUT2D eigenvalue weighted by Gasteiger charge is -2.11. The Balaban J connectivity index is 1.66. The van der Waals surface area contributed by atoms with Crippen molar-refractivity contribution in [1.82, 2.24) is 4.98 Å². The molecule has 1 aromatic heterocycles. The van der Waals surface area contributed by atoms with Gasteiger partial charge in [-0.2, -0.15) is 0 Å². The van der Waals surface area contributed by atoms with Gasteiger partial charge in [-0.05, 0) is 43.7 Å². The van der Waals surface area contributed by atoms with Crippen LogP contribution in [-0.4, -0.2) is 36.6 Å². The monoisotopic (exact) mass is 393 g/mol. The summed E-state index contributed by atoms with van der Waals surface area (Å²) < 4.78 is 16.0. The molecule has 0 unspecified atom stereocenters. The van der Waals surface area contributed by atoms with Gasteiger partial charge in [0.25, 0.3) is 0 Å². The van der Waals surface area contributed by atoms with Crippen LogP contribution >= 0.6 is 0 Å². The van der Waals surface area contributed by atoms with E-state index in [2.05, 4.69) is 4.98 Å². The number of rotatable bonds is 8. The molecule has 150 valence electrons. The van der Waals surface area contributed by atoms with Crippen LogP contribution < -0.4 is 9.47 Å². The fraction of sp³-hybridized carbons (Fsp3) is 0.217. The van der Waals surface area contributed by atoms with Crippen LogP contribution in [0.4, 0.5) is 0 Å². The molecule has 1 heterocycles. The summed E-state index contributed by atoms with van der Waals surface area (Å²) in [7, 11) is 1.55. The zero-order valence-electron chi connectivity index (χ0n) is 16.6. The first-order valence-corrected chi connectivity index (χ1v) is 9.33. The van der Waals surface area contributed by atoms with Crippen LogP contribution in [0.25, 0.3) is 17.0 Å². The molecule has 0 aliphatic carbocycles. The quantitative estimate of drug-likeness (QED) is 0.349. The van der Waals surface area contributed by atoms with Gasteiger partial charge in [0.15, 0.2) is 17.6 Å². The number of hydrogen-bond donors (Lipinski definition) is 1. The van der Waals surface area contributed by atoms with E-state index in [0.29, 0.717) is 23.7 Å². The van der Waals surface area contributed by atoms with Crippen molar-refractivity contribution in [2.45, 2.75) is 20.0 Å². The van der Waals surface area contributed by atoms with E-state index in [0.717, 1.165) is 16.5 Å². The van der Waals surface area contributed by atoms with Gasteiger partial charge in [-0.25, -0.2) is 4.79 Å². The zero-order valence-corrected chi connectivity index (χ0v) is 16.6. The maximum atomic E-state index is 12.7. The molecule has 0 fully saturated rings. The number of Topliss-reactive ketones (excluding diaryl/α,β-unsaturated/α-hetero) is 1. The Morgan fingerprint density at radius 1 is 1.14 bits per heavy atom. The third-order valence-corrected chi connectivity index (χ3v) is 4.42. The number of methoxy groups -OCH3 is 1. The van der Waals surface area contributed by atoms with Crippen LogP contribution in [0.3, 0.4) is 0 Å². The normalized spacial score (nSPS) is 12.1. The third kappa shape index (κ3) is 4.66. The van der Waals surface area contributed by atoms with E-state index in [1.165, 1.54) is 6.08 Å². The van der Waals surface area contributed by atoms with Gasteiger partial charge >= 0.3 is 5.97 Å². The van der Waals surface area contributed by atoms with Crippen LogP contribution in [0.15, 0.2) is 54.7 Å². The van der Waals surface area contributed by atoms with Crippen molar-refractivity contribution in [2.75, 3.05) is 13.7 Å². The highest BCUT2D eigenvalue weighted by Crippen LogP contribution is 2.28. The molecule has 0 saturated carbocycles. The first-order valence-electron chi connectivity index (χ1n) is 9.33. The first-order chi connectivity index (χ1) is 14.0. The minimum atomic E-state index is -0.902. The third-order valence-electron chi connectivity index (χ3n) is 4.42. The average molecular weight is 393 g/mol. The van der Waals surface area contributed by atoms with E-state index in [1.54, 1.807) is 44.5 Å². The number of ketones is 1. The topological polar surface area (TPSA) is 77.6 Å². The number of fused-ring (bicyclic) bond motifs is 1. The van der Waals surface area contributed by atoms with Crippen molar-refractivity contribution in [3.05, 3.63) is 65.9 Å². The Morgan fingerprint density at radius 3 is 2.69 bits per heavy atom. The van der Waals surface area contributed by atoms with Gasteiger partial charge in [-0.1, -0.05) is 24.3 Å². The van der Waals surface area contributed by atoms with Gasteiger partial charge in [0.05, 0.1) is 13.7 Å². The van der Waals surface area contributed by atoms with Crippen molar-refractivity contribution in [1.29, 1.82) is 0 Å². The number of benzene rings is 2. The lowest BCUT2D eigenvalue weighted by Crippen LogP contribution is -2.23. The predicted molar refractivity (Wildman–Crippen MR) is 111 cm³/mol. The molecule has 6 nitrogen and oxygen atoms in total. The molecule has 1 atom stereocenters. The summed E-state index contributed by atoms with van der Waals surface area (Å²) in [6.45, 7) is 3.98. The largest absolute Gasteiger partial charge is 0.493 e. The van der Waals surface area contributed by atoms with Gasteiger partial charge in [0.2, 0.25) is 5.78 Å². The molecule has 3 aromatic rings. The van der Waals surface area contributed by atoms with E-state index in [4.69, 9.17) is 14.2 Å². The second kappa shape index (κ2) is 9.10. The van der Waals surface area contributed by atoms with Crippen LogP contribution in [0, 0.1) is 0 Å². The van der Waals surface area contributed by atoms with Crippen molar-refractivity contribution in [3.63, 3.8) is 0 Å². The number of para-hydroxylation sites is 1. The van der Waals surface area contributed by atoms with E-state index < -0.39 is 12.1 Å². The smallest absolute Gasteiger partial charge is 0.331 e. The summed E-state index contributed by atoms with van der Waals surface area (Å²) in [5, 5.41) is 0.803. The fourth-order valence-electron chi connectivity index (χ4n) is 2.99. The minimum absolute atomic E-state index is 0.257. The van der Waals surface area contributed by atoms with Gasteiger partial charge in [-0.3, -0.25) is 4.79 Å². The van der Waals surface area contributed by atoms with E-state index in [9.17, 15) is 9.59 Å². The van der Waals surface area contributed by atoms with Crippen LogP contribution in [0.1, 0.15) is 29.8 Å². The highest BCUT2D eigenvalue weighted by Gasteiger charge is 2.21. The number of hydrogen-bond acceptors (Lipinski definition) is 5. The van der Waals surface area contributed by atoms with Gasteiger partial charge in [-0.15, -0.1) is 0 Å². The molecule has 0 bridgehead atoms. The second-order valence-corrected chi connectivity index (χ2v) is 6.37. The summed E-state index contributed by atoms with van der Waals surface area (Å²) in [5.41, 5.74) is 2.11. The maximum Gasteiger partial charge on any atom is 0.331 e. The number of aromatic amines is 1. The molecule has 0 spiro atoms. The molecule has 6 heteroatoms. The highest BCUT2D eigenvalue weighted by atomic mass is 16.5. The second-order valence-electron chi connectivity index (χ2n) is 6.37. The molecule has 0 aliphatic heterocycles. The zero-order chi connectivity index (χ0) is 20.8. The molecule has 0 amide bonds. The average Bonchev–Trinajstić information content (AvgIpc) is 3.16. The number of ether oxygens (including phenoxy) is 3. The van der Waals surface area contributed by atoms with Crippen molar-refractivity contribution >= 4 is 28.7 Å². The number of H-pyrrole nitrogens is 1. The molecule has 2 aromatic carbocycles. The molecule has 0 radical (unpaired) electrons. The Kier molecular flexibility index (Phi) is 6.34. The number of carbonyl (C=O) groups is 2. The van der Waals surface area contributed by atoms with E-state index in [-0.39, 0.29) is 5.78 Å². The summed E-state index contributed by atoms with van der Waals surface area (Å²) >= 11 is 0. The number of nitrogens with one attached hydrogen (secondary N) is 1. The molecule has 0 saturated heterocycles. The van der Waals surface area contributed by atoms with Crippen LogP contribution in [-0.2, 0) is 9.53 Å². The van der Waals surface area contributed by atoms with E-state index >= 15 is 0 Å². The molecular formula is C23H23NO5. The molecule has 0 aliphatic rings. The number of esters is 1. The maximum absolute atomic E-state index is 12.7. The Bertz CT molecular complexity index is 1050. The predicted octanol–water partition coefficient (Wildman–Crippen LogP) is 4.40. The lowest BCUT2D eigenvalue weighted by molar-refractivity contribution is -0.140. The number of carbonyl (C=O) groups excluding carboxylic acids is 2. The summed E-state index contributed by atoms with van der Waals surface area (Å²) in [6.07, 6.45) is 3.62. The van der Waals surface area contributed by atoms with Gasteiger partial charge in [0, 0.05) is 28.7 Å². The number of aromatic nitrogens is 1. The highest BCUT2D eigenvalue weighted by molar-refractivity contribution is 6.10. The Labute approximate surface area is 169 Å². The molecule has 29 heavy (non-hydrogen) atoms. The van der Waals surface area contributed by atoms with Crippen LogP contribution in [0.2, 0.25) is 0 Å². The van der Waals surface area contributed by atoms with Crippen molar-refractivity contribution in [3.8, 4) is 11.5 Å². The van der Waals surface area contributed by atoms with E-state index in [1.807, 2.05) is 31.2 Å².